The molecule has 1 aromatic carbocycles. The standard InChI is InChI=1S/C23H27FN8O2/c1-30-6-8-31(9-7-30)22(33)15-32-14-17(12-28-32)29-21-10-20(19(24)13-27-21)26-11-16-4-2-3-5-18(16)23(25)34/h2-5,10,12-14H,6-9,11,15H2,1H3,(H2,25,34)(H2,26,27,29). The van der Waals surface area contributed by atoms with E-state index >= 15 is 0 Å². The zero-order valence-electron chi connectivity index (χ0n) is 18.9. The lowest BCUT2D eigenvalue weighted by Crippen LogP contribution is -2.48. The first-order chi connectivity index (χ1) is 16.4. The average molecular weight is 467 g/mol. The molecule has 2 aromatic heterocycles. The molecule has 0 radical (unpaired) electrons. The van der Waals surface area contributed by atoms with E-state index in [1.54, 1.807) is 41.3 Å². The second kappa shape index (κ2) is 10.3. The van der Waals surface area contributed by atoms with Crippen LogP contribution >= 0.6 is 0 Å². The summed E-state index contributed by atoms with van der Waals surface area (Å²) in [5, 5.41) is 10.3. The van der Waals surface area contributed by atoms with E-state index < -0.39 is 11.7 Å². The van der Waals surface area contributed by atoms with E-state index in [2.05, 4.69) is 25.6 Å². The smallest absolute Gasteiger partial charge is 0.249 e. The molecule has 1 fully saturated rings. The summed E-state index contributed by atoms with van der Waals surface area (Å²) in [5.41, 5.74) is 7.28. The van der Waals surface area contributed by atoms with E-state index in [-0.39, 0.29) is 24.7 Å². The molecular formula is C23H27FN8O2. The van der Waals surface area contributed by atoms with Gasteiger partial charge in [0.15, 0.2) is 5.82 Å². The maximum atomic E-state index is 14.3. The monoisotopic (exact) mass is 466 g/mol. The highest BCUT2D eigenvalue weighted by molar-refractivity contribution is 5.94. The van der Waals surface area contributed by atoms with Gasteiger partial charge in [0.2, 0.25) is 11.8 Å². The lowest BCUT2D eigenvalue weighted by Gasteiger charge is -2.32. The van der Waals surface area contributed by atoms with Gasteiger partial charge in [0.1, 0.15) is 12.4 Å². The van der Waals surface area contributed by atoms with E-state index in [9.17, 15) is 14.0 Å². The Kier molecular flexibility index (Phi) is 7.02. The molecule has 3 heterocycles. The number of amides is 2. The number of piperazine rings is 1. The van der Waals surface area contributed by atoms with E-state index in [0.29, 0.717) is 35.7 Å². The molecule has 2 amide bonds. The largest absolute Gasteiger partial charge is 0.378 e. The topological polar surface area (TPSA) is 121 Å². The van der Waals surface area contributed by atoms with Gasteiger partial charge < -0.3 is 26.2 Å². The number of halogens is 1. The Hall–Kier alpha value is -3.99. The molecule has 0 spiro atoms. The molecule has 0 atom stereocenters. The molecule has 1 saturated heterocycles. The summed E-state index contributed by atoms with van der Waals surface area (Å²) in [6.07, 6.45) is 4.39. The van der Waals surface area contributed by atoms with Crippen LogP contribution in [0.5, 0.6) is 0 Å². The predicted octanol–water partition coefficient (Wildman–Crippen LogP) is 1.65. The summed E-state index contributed by atoms with van der Waals surface area (Å²) < 4.78 is 15.9. The molecule has 0 saturated carbocycles. The van der Waals surface area contributed by atoms with Crippen molar-refractivity contribution in [1.82, 2.24) is 24.6 Å². The number of aromatic nitrogens is 3. The molecule has 0 unspecified atom stereocenters. The van der Waals surface area contributed by atoms with E-state index in [1.165, 1.54) is 6.07 Å². The number of nitrogens with two attached hydrogens (primary N) is 1. The number of anilines is 3. The molecule has 4 N–H and O–H groups in total. The van der Waals surface area contributed by atoms with Gasteiger partial charge in [-0.15, -0.1) is 0 Å². The molecule has 10 nitrogen and oxygen atoms in total. The Morgan fingerprint density at radius 2 is 1.91 bits per heavy atom. The number of carbonyl (C=O) groups is 2. The van der Waals surface area contributed by atoms with Crippen molar-refractivity contribution in [2.24, 2.45) is 5.73 Å². The van der Waals surface area contributed by atoms with Gasteiger partial charge in [0, 0.05) is 50.6 Å². The van der Waals surface area contributed by atoms with Gasteiger partial charge in [-0.2, -0.15) is 5.10 Å². The highest BCUT2D eigenvalue weighted by Gasteiger charge is 2.19. The lowest BCUT2D eigenvalue weighted by atomic mass is 10.1. The van der Waals surface area contributed by atoms with E-state index in [1.807, 2.05) is 11.9 Å². The summed E-state index contributed by atoms with van der Waals surface area (Å²) >= 11 is 0. The van der Waals surface area contributed by atoms with Crippen molar-refractivity contribution >= 4 is 29.0 Å². The molecule has 0 aliphatic carbocycles. The van der Waals surface area contributed by atoms with Crippen LogP contribution in [0, 0.1) is 5.82 Å². The molecule has 4 rings (SSSR count). The van der Waals surface area contributed by atoms with Crippen LogP contribution in [-0.4, -0.2) is 69.6 Å². The van der Waals surface area contributed by atoms with Crippen LogP contribution in [0.15, 0.2) is 48.9 Å². The SMILES string of the molecule is CN1CCN(C(=O)Cn2cc(Nc3cc(NCc4ccccc4C(N)=O)c(F)cn3)cn2)CC1. The number of rotatable bonds is 8. The van der Waals surface area contributed by atoms with Gasteiger partial charge in [-0.1, -0.05) is 18.2 Å². The molecule has 178 valence electrons. The number of nitrogens with zero attached hydrogens (tertiary/aromatic N) is 5. The summed E-state index contributed by atoms with van der Waals surface area (Å²) in [6.45, 7) is 3.50. The Morgan fingerprint density at radius 1 is 1.15 bits per heavy atom. The molecular weight excluding hydrogens is 439 g/mol. The summed E-state index contributed by atoms with van der Waals surface area (Å²) in [6, 6.07) is 8.41. The van der Waals surface area contributed by atoms with Crippen molar-refractivity contribution < 1.29 is 14.0 Å². The van der Waals surface area contributed by atoms with Crippen LogP contribution in [0.1, 0.15) is 15.9 Å². The second-order valence-electron chi connectivity index (χ2n) is 8.16. The van der Waals surface area contributed by atoms with E-state index in [0.717, 1.165) is 19.3 Å². The van der Waals surface area contributed by atoms with Crippen LogP contribution in [0.25, 0.3) is 0 Å². The quantitative estimate of drug-likeness (QED) is 0.461. The predicted molar refractivity (Wildman–Crippen MR) is 126 cm³/mol. The maximum Gasteiger partial charge on any atom is 0.249 e. The third-order valence-electron chi connectivity index (χ3n) is 5.67. The summed E-state index contributed by atoms with van der Waals surface area (Å²) in [4.78, 5) is 32.2. The first-order valence-electron chi connectivity index (χ1n) is 10.9. The van der Waals surface area contributed by atoms with Crippen LogP contribution < -0.4 is 16.4 Å². The highest BCUT2D eigenvalue weighted by Crippen LogP contribution is 2.21. The Bertz CT molecular complexity index is 1170. The van der Waals surface area contributed by atoms with Crippen molar-refractivity contribution in [3.05, 3.63) is 65.9 Å². The second-order valence-corrected chi connectivity index (χ2v) is 8.16. The van der Waals surface area contributed by atoms with Crippen LogP contribution in [0.4, 0.5) is 21.6 Å². The number of benzene rings is 1. The van der Waals surface area contributed by atoms with Crippen molar-refractivity contribution in [2.75, 3.05) is 43.9 Å². The highest BCUT2D eigenvalue weighted by atomic mass is 19.1. The number of likely N-dealkylation sites (N-methyl/N-ethyl adjacent to an activating group) is 1. The van der Waals surface area contributed by atoms with Gasteiger partial charge in [-0.05, 0) is 18.7 Å². The Morgan fingerprint density at radius 3 is 2.68 bits per heavy atom. The van der Waals surface area contributed by atoms with Crippen molar-refractivity contribution in [1.29, 1.82) is 0 Å². The van der Waals surface area contributed by atoms with Gasteiger partial charge in [0.25, 0.3) is 0 Å². The number of primary amides is 1. The van der Waals surface area contributed by atoms with Crippen LogP contribution in [0.3, 0.4) is 0 Å². The van der Waals surface area contributed by atoms with Crippen LogP contribution in [0.2, 0.25) is 0 Å². The Balaban J connectivity index is 1.38. The molecule has 1 aliphatic rings. The van der Waals surface area contributed by atoms with Crippen molar-refractivity contribution in [2.45, 2.75) is 13.1 Å². The zero-order valence-corrected chi connectivity index (χ0v) is 18.9. The number of pyridine rings is 1. The number of hydrogen-bond donors (Lipinski definition) is 3. The lowest BCUT2D eigenvalue weighted by molar-refractivity contribution is -0.133. The van der Waals surface area contributed by atoms with E-state index in [4.69, 9.17) is 5.73 Å². The number of hydrogen-bond acceptors (Lipinski definition) is 7. The van der Waals surface area contributed by atoms with Gasteiger partial charge in [-0.25, -0.2) is 9.37 Å². The first kappa shape index (κ1) is 23.2. The fraction of sp³-hybridized carbons (Fsp3) is 0.304. The minimum absolute atomic E-state index is 0.0189. The summed E-state index contributed by atoms with van der Waals surface area (Å²) in [5.74, 6) is -0.656. The molecule has 3 aromatic rings. The van der Waals surface area contributed by atoms with Gasteiger partial charge in [0.05, 0.1) is 23.8 Å². The fourth-order valence-corrected chi connectivity index (χ4v) is 3.70. The number of nitrogens with one attached hydrogen (secondary N) is 2. The van der Waals surface area contributed by atoms with Crippen molar-refractivity contribution in [3.63, 3.8) is 0 Å². The minimum Gasteiger partial charge on any atom is -0.378 e. The minimum atomic E-state index is -0.543. The molecule has 34 heavy (non-hydrogen) atoms. The first-order valence-corrected chi connectivity index (χ1v) is 10.9. The normalized spacial score (nSPS) is 14.1. The van der Waals surface area contributed by atoms with Gasteiger partial charge >= 0.3 is 0 Å². The number of carbonyl (C=O) groups excluding carboxylic acids is 2. The third kappa shape index (κ3) is 5.67. The van der Waals surface area contributed by atoms with Crippen LogP contribution in [-0.2, 0) is 17.9 Å². The average Bonchev–Trinajstić information content (AvgIpc) is 3.26. The molecule has 0 bridgehead atoms. The fourth-order valence-electron chi connectivity index (χ4n) is 3.70. The van der Waals surface area contributed by atoms with Gasteiger partial charge in [-0.3, -0.25) is 14.3 Å². The molecule has 1 aliphatic heterocycles. The third-order valence-corrected chi connectivity index (χ3v) is 5.67. The molecule has 11 heteroatoms. The maximum absolute atomic E-state index is 14.3. The van der Waals surface area contributed by atoms with Crippen molar-refractivity contribution in [3.8, 4) is 0 Å². The Labute approximate surface area is 196 Å². The zero-order chi connectivity index (χ0) is 24.1. The summed E-state index contributed by atoms with van der Waals surface area (Å²) in [7, 11) is 2.04.